The largest absolute Gasteiger partial charge is 0.324 e. The lowest BCUT2D eigenvalue weighted by Gasteiger charge is -2.07. The van der Waals surface area contributed by atoms with E-state index in [-0.39, 0.29) is 6.04 Å². The minimum atomic E-state index is 0.0682. The van der Waals surface area contributed by atoms with Gasteiger partial charge in [0.2, 0.25) is 0 Å². The molecule has 0 saturated heterocycles. The zero-order valence-electron chi connectivity index (χ0n) is 10.9. The number of rotatable bonds is 2. The zero-order valence-corrected chi connectivity index (χ0v) is 10.9. The number of fused-ring (bicyclic) bond motifs is 1. The SMILES string of the molecule is CC(N)c1ccc(-c2ccc3ccccc3n2)cc1. The monoisotopic (exact) mass is 248 g/mol. The molecule has 1 atom stereocenters. The van der Waals surface area contributed by atoms with Gasteiger partial charge in [0.25, 0.3) is 0 Å². The summed E-state index contributed by atoms with van der Waals surface area (Å²) in [6.07, 6.45) is 0. The molecule has 19 heavy (non-hydrogen) atoms. The third-order valence-electron chi connectivity index (χ3n) is 3.33. The van der Waals surface area contributed by atoms with Crippen molar-refractivity contribution >= 4 is 10.9 Å². The van der Waals surface area contributed by atoms with E-state index >= 15 is 0 Å². The van der Waals surface area contributed by atoms with Gasteiger partial charge in [-0.2, -0.15) is 0 Å². The van der Waals surface area contributed by atoms with Crippen LogP contribution in [-0.4, -0.2) is 4.98 Å². The van der Waals surface area contributed by atoms with Crippen LogP contribution < -0.4 is 5.73 Å². The van der Waals surface area contributed by atoms with Crippen molar-refractivity contribution in [3.05, 3.63) is 66.2 Å². The van der Waals surface area contributed by atoms with Crippen LogP contribution in [0, 0.1) is 0 Å². The van der Waals surface area contributed by atoms with Crippen molar-refractivity contribution < 1.29 is 0 Å². The highest BCUT2D eigenvalue weighted by atomic mass is 14.7. The van der Waals surface area contributed by atoms with Gasteiger partial charge in [-0.05, 0) is 24.6 Å². The molecule has 1 aromatic heterocycles. The number of benzene rings is 2. The van der Waals surface area contributed by atoms with Gasteiger partial charge in [0, 0.05) is 17.0 Å². The van der Waals surface area contributed by atoms with Crippen LogP contribution >= 0.6 is 0 Å². The Hall–Kier alpha value is -2.19. The molecule has 2 aromatic carbocycles. The van der Waals surface area contributed by atoms with E-state index in [0.717, 1.165) is 22.3 Å². The minimum absolute atomic E-state index is 0.0682. The molecular formula is C17H16N2. The maximum atomic E-state index is 5.86. The third kappa shape index (κ3) is 2.35. The number of nitrogens with two attached hydrogens (primary N) is 1. The smallest absolute Gasteiger partial charge is 0.0709 e. The number of pyridine rings is 1. The van der Waals surface area contributed by atoms with Crippen molar-refractivity contribution in [1.29, 1.82) is 0 Å². The second kappa shape index (κ2) is 4.82. The highest BCUT2D eigenvalue weighted by Gasteiger charge is 2.03. The summed E-state index contributed by atoms with van der Waals surface area (Å²) < 4.78 is 0. The number of nitrogens with zero attached hydrogens (tertiary/aromatic N) is 1. The molecule has 0 fully saturated rings. The molecular weight excluding hydrogens is 232 g/mol. The lowest BCUT2D eigenvalue weighted by molar-refractivity contribution is 0.818. The van der Waals surface area contributed by atoms with Crippen LogP contribution in [0.15, 0.2) is 60.7 Å². The summed E-state index contributed by atoms with van der Waals surface area (Å²) in [5.41, 5.74) is 10.1. The molecule has 3 aromatic rings. The Morgan fingerprint density at radius 1 is 0.895 bits per heavy atom. The highest BCUT2D eigenvalue weighted by molar-refractivity contribution is 5.81. The maximum absolute atomic E-state index is 5.86. The molecule has 0 saturated carbocycles. The van der Waals surface area contributed by atoms with Crippen LogP contribution in [0.2, 0.25) is 0 Å². The lowest BCUT2D eigenvalue weighted by atomic mass is 10.0. The Balaban J connectivity index is 2.03. The van der Waals surface area contributed by atoms with Gasteiger partial charge >= 0.3 is 0 Å². The normalized spacial score (nSPS) is 12.5. The van der Waals surface area contributed by atoms with Gasteiger partial charge in [0.05, 0.1) is 11.2 Å². The van der Waals surface area contributed by atoms with Crippen molar-refractivity contribution in [2.45, 2.75) is 13.0 Å². The van der Waals surface area contributed by atoms with Gasteiger partial charge in [0.15, 0.2) is 0 Å². The highest BCUT2D eigenvalue weighted by Crippen LogP contribution is 2.22. The first-order chi connectivity index (χ1) is 9.24. The summed E-state index contributed by atoms with van der Waals surface area (Å²) in [7, 11) is 0. The fourth-order valence-electron chi connectivity index (χ4n) is 2.18. The number of hydrogen-bond donors (Lipinski definition) is 1. The lowest BCUT2D eigenvalue weighted by Crippen LogP contribution is -2.04. The van der Waals surface area contributed by atoms with Gasteiger partial charge in [-0.25, -0.2) is 4.98 Å². The summed E-state index contributed by atoms with van der Waals surface area (Å²) >= 11 is 0. The summed E-state index contributed by atoms with van der Waals surface area (Å²) in [6, 6.07) is 20.7. The summed E-state index contributed by atoms with van der Waals surface area (Å²) in [4.78, 5) is 4.69. The first-order valence-electron chi connectivity index (χ1n) is 6.46. The maximum Gasteiger partial charge on any atom is 0.0709 e. The van der Waals surface area contributed by atoms with Crippen LogP contribution in [0.25, 0.3) is 22.2 Å². The Morgan fingerprint density at radius 3 is 2.37 bits per heavy atom. The fraction of sp³-hybridized carbons (Fsp3) is 0.118. The average molecular weight is 248 g/mol. The fourth-order valence-corrected chi connectivity index (χ4v) is 2.18. The predicted octanol–water partition coefficient (Wildman–Crippen LogP) is 3.92. The van der Waals surface area contributed by atoms with Gasteiger partial charge in [-0.15, -0.1) is 0 Å². The molecule has 2 N–H and O–H groups in total. The Bertz CT molecular complexity index is 700. The van der Waals surface area contributed by atoms with Gasteiger partial charge in [-0.1, -0.05) is 48.5 Å². The van der Waals surface area contributed by atoms with Crippen molar-refractivity contribution in [2.24, 2.45) is 5.73 Å². The molecule has 1 unspecified atom stereocenters. The molecule has 0 bridgehead atoms. The number of para-hydroxylation sites is 1. The molecule has 0 aliphatic heterocycles. The Kier molecular flexibility index (Phi) is 3.02. The third-order valence-corrected chi connectivity index (χ3v) is 3.33. The molecule has 2 heteroatoms. The van der Waals surface area contributed by atoms with Crippen molar-refractivity contribution in [1.82, 2.24) is 4.98 Å². The predicted molar refractivity (Wildman–Crippen MR) is 79.8 cm³/mol. The van der Waals surface area contributed by atoms with Crippen LogP contribution in [0.5, 0.6) is 0 Å². The van der Waals surface area contributed by atoms with Crippen LogP contribution in [0.1, 0.15) is 18.5 Å². The van der Waals surface area contributed by atoms with Crippen molar-refractivity contribution in [3.8, 4) is 11.3 Å². The van der Waals surface area contributed by atoms with Crippen LogP contribution in [0.4, 0.5) is 0 Å². The molecule has 0 spiro atoms. The zero-order chi connectivity index (χ0) is 13.2. The second-order valence-corrected chi connectivity index (χ2v) is 4.80. The number of hydrogen-bond acceptors (Lipinski definition) is 2. The molecule has 3 rings (SSSR count). The first-order valence-corrected chi connectivity index (χ1v) is 6.46. The quantitative estimate of drug-likeness (QED) is 0.746. The standard InChI is InChI=1S/C17H16N2/c1-12(18)13-6-8-15(9-7-13)17-11-10-14-4-2-3-5-16(14)19-17/h2-12H,18H2,1H3. The minimum Gasteiger partial charge on any atom is -0.324 e. The van der Waals surface area contributed by atoms with Crippen LogP contribution in [0.3, 0.4) is 0 Å². The van der Waals surface area contributed by atoms with E-state index in [1.54, 1.807) is 0 Å². The molecule has 0 aliphatic carbocycles. The van der Waals surface area contributed by atoms with E-state index < -0.39 is 0 Å². The van der Waals surface area contributed by atoms with Crippen molar-refractivity contribution in [2.75, 3.05) is 0 Å². The number of aromatic nitrogens is 1. The Labute approximate surface area is 112 Å². The summed E-state index contributed by atoms with van der Waals surface area (Å²) in [5, 5.41) is 1.17. The topological polar surface area (TPSA) is 38.9 Å². The molecule has 0 radical (unpaired) electrons. The van der Waals surface area contributed by atoms with E-state index in [2.05, 4.69) is 47.4 Å². The Morgan fingerprint density at radius 2 is 1.63 bits per heavy atom. The summed E-state index contributed by atoms with van der Waals surface area (Å²) in [5.74, 6) is 0. The molecule has 0 amide bonds. The van der Waals surface area contributed by atoms with E-state index in [4.69, 9.17) is 5.73 Å². The van der Waals surface area contributed by atoms with E-state index in [1.165, 1.54) is 5.39 Å². The second-order valence-electron chi connectivity index (χ2n) is 4.80. The average Bonchev–Trinajstić information content (AvgIpc) is 2.47. The van der Waals surface area contributed by atoms with Gasteiger partial charge in [-0.3, -0.25) is 0 Å². The van der Waals surface area contributed by atoms with E-state index in [1.807, 2.05) is 25.1 Å². The van der Waals surface area contributed by atoms with Crippen molar-refractivity contribution in [3.63, 3.8) is 0 Å². The first kappa shape index (κ1) is 11.9. The summed E-state index contributed by atoms with van der Waals surface area (Å²) in [6.45, 7) is 1.99. The molecule has 94 valence electrons. The molecule has 1 heterocycles. The van der Waals surface area contributed by atoms with Crippen LogP contribution in [-0.2, 0) is 0 Å². The van der Waals surface area contributed by atoms with Gasteiger partial charge in [0.1, 0.15) is 0 Å². The molecule has 2 nitrogen and oxygen atoms in total. The van der Waals surface area contributed by atoms with Gasteiger partial charge < -0.3 is 5.73 Å². The van der Waals surface area contributed by atoms with E-state index in [0.29, 0.717) is 0 Å². The van der Waals surface area contributed by atoms with E-state index in [9.17, 15) is 0 Å². The molecule has 0 aliphatic rings.